The number of phenolic OH excluding ortho intramolecular Hbond substituents is 1. The molecule has 1 N–H and O–H groups in total. The summed E-state index contributed by atoms with van der Waals surface area (Å²) in [7, 11) is 0. The Morgan fingerprint density at radius 2 is 2.19 bits per heavy atom. The lowest BCUT2D eigenvalue weighted by atomic mass is 10.2. The molecule has 110 valence electrons. The maximum Gasteiger partial charge on any atom is 0.206 e. The molecule has 2 rings (SSSR count). The van der Waals surface area contributed by atoms with E-state index < -0.39 is 0 Å². The fraction of sp³-hybridized carbons (Fsp3) is 0.143. The Kier molecular flexibility index (Phi) is 5.55. The molecule has 0 unspecified atom stereocenters. The van der Waals surface area contributed by atoms with Gasteiger partial charge in [0, 0.05) is 15.4 Å². The monoisotopic (exact) mass is 429 g/mol. The highest BCUT2D eigenvalue weighted by Gasteiger charge is 2.06. The summed E-state index contributed by atoms with van der Waals surface area (Å²) < 4.78 is 3.21. The van der Waals surface area contributed by atoms with Crippen LogP contribution in [0.5, 0.6) is 5.75 Å². The molecule has 0 saturated carbocycles. The van der Waals surface area contributed by atoms with Crippen molar-refractivity contribution in [1.82, 2.24) is 4.68 Å². The van der Waals surface area contributed by atoms with Crippen molar-refractivity contribution in [3.8, 4) is 5.75 Å². The summed E-state index contributed by atoms with van der Waals surface area (Å²) in [5, 5.41) is 16.4. The van der Waals surface area contributed by atoms with Crippen LogP contribution in [0.2, 0.25) is 0 Å². The van der Waals surface area contributed by atoms with E-state index in [0.717, 1.165) is 15.0 Å². The first-order valence-corrected chi connectivity index (χ1v) is 8.50. The van der Waals surface area contributed by atoms with Gasteiger partial charge in [-0.3, -0.25) is 4.99 Å². The number of hydrogen-bond acceptors (Lipinski definition) is 4. The fourth-order valence-electron chi connectivity index (χ4n) is 1.58. The number of nitrogens with zero attached hydrogens (tertiary/aromatic N) is 3. The van der Waals surface area contributed by atoms with E-state index in [1.165, 1.54) is 11.3 Å². The van der Waals surface area contributed by atoms with Crippen molar-refractivity contribution in [2.45, 2.75) is 6.92 Å². The van der Waals surface area contributed by atoms with Crippen LogP contribution in [0.1, 0.15) is 11.3 Å². The Hall–Kier alpha value is -1.18. The first-order valence-electron chi connectivity index (χ1n) is 6.04. The number of phenols is 1. The van der Waals surface area contributed by atoms with Crippen LogP contribution in [0.3, 0.4) is 0 Å². The molecule has 21 heavy (non-hydrogen) atoms. The maximum absolute atomic E-state index is 10.0. The third kappa shape index (κ3) is 3.93. The number of halogens is 2. The van der Waals surface area contributed by atoms with Gasteiger partial charge in [0.25, 0.3) is 0 Å². The van der Waals surface area contributed by atoms with Crippen LogP contribution in [0, 0.1) is 6.92 Å². The minimum atomic E-state index is 0.153. The second kappa shape index (κ2) is 7.20. The van der Waals surface area contributed by atoms with Crippen molar-refractivity contribution < 1.29 is 5.11 Å². The highest BCUT2D eigenvalue weighted by molar-refractivity contribution is 9.11. The number of hydrogen-bond donors (Lipinski definition) is 1. The van der Waals surface area contributed by atoms with Crippen LogP contribution in [-0.2, 0) is 0 Å². The molecule has 4 nitrogen and oxygen atoms in total. The lowest BCUT2D eigenvalue weighted by Crippen LogP contribution is -2.12. The van der Waals surface area contributed by atoms with Gasteiger partial charge < -0.3 is 5.11 Å². The Balaban J connectivity index is 2.43. The topological polar surface area (TPSA) is 49.9 Å². The quantitative estimate of drug-likeness (QED) is 0.577. The minimum absolute atomic E-state index is 0.153. The van der Waals surface area contributed by atoms with E-state index in [4.69, 9.17) is 0 Å². The molecule has 0 bridgehead atoms. The molecule has 1 aromatic carbocycles. The van der Waals surface area contributed by atoms with Crippen LogP contribution < -0.4 is 4.80 Å². The summed E-state index contributed by atoms with van der Waals surface area (Å²) in [6, 6.07) is 3.58. The van der Waals surface area contributed by atoms with E-state index >= 15 is 0 Å². The lowest BCUT2D eigenvalue weighted by Gasteiger charge is -2.03. The van der Waals surface area contributed by atoms with Gasteiger partial charge in [-0.25, -0.2) is 4.68 Å². The Labute approximate surface area is 143 Å². The van der Waals surface area contributed by atoms with E-state index in [2.05, 4.69) is 48.5 Å². The standard InChI is InChI=1S/C14H13Br2N3OS/c1-3-4-17-14-19(9(2)8-21-14)18-7-10-5-11(15)6-12(16)13(10)20/h3,5-8,20H,1,4H2,2H3. The average molecular weight is 431 g/mol. The van der Waals surface area contributed by atoms with Crippen molar-refractivity contribution in [3.63, 3.8) is 0 Å². The average Bonchev–Trinajstić information content (AvgIpc) is 2.79. The number of aromatic hydroxyl groups is 1. The van der Waals surface area contributed by atoms with Crippen molar-refractivity contribution >= 4 is 49.4 Å². The largest absolute Gasteiger partial charge is 0.506 e. The van der Waals surface area contributed by atoms with Gasteiger partial charge in [-0.2, -0.15) is 5.10 Å². The molecule has 0 amide bonds. The Morgan fingerprint density at radius 3 is 2.90 bits per heavy atom. The third-order valence-electron chi connectivity index (χ3n) is 2.58. The predicted octanol–water partition coefficient (Wildman–Crippen LogP) is 4.06. The predicted molar refractivity (Wildman–Crippen MR) is 94.2 cm³/mol. The summed E-state index contributed by atoms with van der Waals surface area (Å²) >= 11 is 8.21. The first-order chi connectivity index (χ1) is 10.0. The van der Waals surface area contributed by atoms with E-state index in [-0.39, 0.29) is 5.75 Å². The van der Waals surface area contributed by atoms with Crippen LogP contribution >= 0.6 is 43.2 Å². The molecular formula is C14H13Br2N3OS. The molecule has 0 aliphatic heterocycles. The fourth-order valence-corrected chi connectivity index (χ4v) is 3.65. The highest BCUT2D eigenvalue weighted by Crippen LogP contribution is 2.30. The van der Waals surface area contributed by atoms with Gasteiger partial charge in [-0.1, -0.05) is 22.0 Å². The summed E-state index contributed by atoms with van der Waals surface area (Å²) in [6.07, 6.45) is 3.35. The van der Waals surface area contributed by atoms with Gasteiger partial charge in [0.1, 0.15) is 5.75 Å². The van der Waals surface area contributed by atoms with Crippen LogP contribution in [0.15, 0.2) is 49.2 Å². The van der Waals surface area contributed by atoms with Crippen LogP contribution in [0.4, 0.5) is 0 Å². The van der Waals surface area contributed by atoms with Gasteiger partial charge >= 0.3 is 0 Å². The van der Waals surface area contributed by atoms with Crippen LogP contribution in [0.25, 0.3) is 0 Å². The second-order valence-corrected chi connectivity index (χ2v) is 6.78. The molecule has 0 fully saturated rings. The third-order valence-corrected chi connectivity index (χ3v) is 4.61. The second-order valence-electron chi connectivity index (χ2n) is 4.17. The van der Waals surface area contributed by atoms with Gasteiger partial charge in [0.05, 0.1) is 22.9 Å². The number of rotatable bonds is 4. The number of aryl methyl sites for hydroxylation is 1. The van der Waals surface area contributed by atoms with Gasteiger partial charge in [0.15, 0.2) is 0 Å². The number of aromatic nitrogens is 1. The molecule has 1 aromatic heterocycles. The van der Waals surface area contributed by atoms with Crippen molar-refractivity contribution in [2.75, 3.05) is 6.54 Å². The molecule has 2 aromatic rings. The summed E-state index contributed by atoms with van der Waals surface area (Å²) in [4.78, 5) is 5.17. The smallest absolute Gasteiger partial charge is 0.206 e. The number of thiazole rings is 1. The van der Waals surface area contributed by atoms with Crippen molar-refractivity contribution in [2.24, 2.45) is 10.1 Å². The highest BCUT2D eigenvalue weighted by atomic mass is 79.9. The molecule has 7 heteroatoms. The SMILES string of the molecule is C=CCN=c1scc(C)n1N=Cc1cc(Br)cc(Br)c1O. The van der Waals surface area contributed by atoms with Crippen LogP contribution in [-0.4, -0.2) is 22.5 Å². The summed E-state index contributed by atoms with van der Waals surface area (Å²) in [5.74, 6) is 0.153. The molecule has 0 aliphatic carbocycles. The number of benzene rings is 1. The van der Waals surface area contributed by atoms with E-state index in [9.17, 15) is 5.11 Å². The first kappa shape index (κ1) is 16.2. The maximum atomic E-state index is 10.0. The molecule has 0 radical (unpaired) electrons. The zero-order chi connectivity index (χ0) is 15.4. The van der Waals surface area contributed by atoms with E-state index in [0.29, 0.717) is 16.6 Å². The van der Waals surface area contributed by atoms with Gasteiger partial charge in [-0.15, -0.1) is 17.9 Å². The molecule has 0 atom stereocenters. The van der Waals surface area contributed by atoms with Crippen molar-refractivity contribution in [3.05, 3.63) is 55.2 Å². The molecular weight excluding hydrogens is 418 g/mol. The zero-order valence-corrected chi connectivity index (χ0v) is 15.2. The molecule has 0 spiro atoms. The summed E-state index contributed by atoms with van der Waals surface area (Å²) in [6.45, 7) is 6.16. The summed E-state index contributed by atoms with van der Waals surface area (Å²) in [5.41, 5.74) is 1.59. The molecule has 0 aliphatic rings. The normalized spacial score (nSPS) is 12.2. The Morgan fingerprint density at radius 1 is 1.43 bits per heavy atom. The Bertz CT molecular complexity index is 762. The van der Waals surface area contributed by atoms with Gasteiger partial charge in [0.2, 0.25) is 4.80 Å². The van der Waals surface area contributed by atoms with E-state index in [1.807, 2.05) is 12.3 Å². The molecule has 1 heterocycles. The molecule has 0 saturated heterocycles. The van der Waals surface area contributed by atoms with Crippen molar-refractivity contribution in [1.29, 1.82) is 0 Å². The lowest BCUT2D eigenvalue weighted by molar-refractivity contribution is 0.471. The van der Waals surface area contributed by atoms with E-state index in [1.54, 1.807) is 29.1 Å². The van der Waals surface area contributed by atoms with Gasteiger partial charge in [-0.05, 0) is 35.0 Å². The zero-order valence-electron chi connectivity index (χ0n) is 11.3. The minimum Gasteiger partial charge on any atom is -0.506 e.